The second kappa shape index (κ2) is 12.3. The summed E-state index contributed by atoms with van der Waals surface area (Å²) in [6.07, 6.45) is 0. The molecule has 178 valence electrons. The maximum Gasteiger partial charge on any atom is 0.258 e. The Labute approximate surface area is 202 Å². The van der Waals surface area contributed by atoms with E-state index in [9.17, 15) is 9.59 Å². The second-order valence-electron chi connectivity index (χ2n) is 6.50. The average Bonchev–Trinajstić information content (AvgIpc) is 2.76. The first-order chi connectivity index (χ1) is 15.8. The highest BCUT2D eigenvalue weighted by Gasteiger charge is 2.26. The summed E-state index contributed by atoms with van der Waals surface area (Å²) in [4.78, 5) is 25.1. The minimum Gasteiger partial charge on any atom is -0.495 e. The number of benzene rings is 2. The molecule has 0 fully saturated rings. The van der Waals surface area contributed by atoms with Crippen molar-refractivity contribution >= 4 is 46.3 Å². The fourth-order valence-electron chi connectivity index (χ4n) is 2.81. The number of anilines is 1. The van der Waals surface area contributed by atoms with E-state index in [1.54, 1.807) is 19.1 Å². The van der Waals surface area contributed by atoms with Crippen LogP contribution in [-0.4, -0.2) is 45.2 Å². The van der Waals surface area contributed by atoms with Crippen LogP contribution in [0.1, 0.15) is 20.8 Å². The first-order valence-corrected chi connectivity index (χ1v) is 10.7. The van der Waals surface area contributed by atoms with Gasteiger partial charge in [-0.1, -0.05) is 23.2 Å². The van der Waals surface area contributed by atoms with Crippen molar-refractivity contribution in [3.05, 3.63) is 34.3 Å². The van der Waals surface area contributed by atoms with Gasteiger partial charge < -0.3 is 24.3 Å². The number of hydrogen-bond acceptors (Lipinski definition) is 8. The van der Waals surface area contributed by atoms with Crippen LogP contribution in [0.15, 0.2) is 34.5 Å². The molecule has 2 aromatic rings. The Morgan fingerprint density at radius 1 is 1.00 bits per heavy atom. The molecule has 1 amide bonds. The number of amides is 1. The summed E-state index contributed by atoms with van der Waals surface area (Å²) in [6.45, 7) is 5.55. The molecule has 2 rings (SSSR count). The van der Waals surface area contributed by atoms with E-state index in [2.05, 4.69) is 15.5 Å². The first kappa shape index (κ1) is 26.2. The molecule has 0 heterocycles. The fourth-order valence-corrected chi connectivity index (χ4v) is 3.34. The van der Waals surface area contributed by atoms with E-state index in [0.29, 0.717) is 35.5 Å². The first-order valence-electron chi connectivity index (χ1n) is 9.99. The Morgan fingerprint density at radius 2 is 1.70 bits per heavy atom. The van der Waals surface area contributed by atoms with E-state index < -0.39 is 17.7 Å². The van der Waals surface area contributed by atoms with E-state index >= 15 is 0 Å². The molecule has 0 saturated heterocycles. The van der Waals surface area contributed by atoms with E-state index in [4.69, 9.17) is 42.1 Å². The molecule has 0 aliphatic carbocycles. The molecule has 0 saturated carbocycles. The zero-order chi connectivity index (χ0) is 24.5. The third-order valence-electron chi connectivity index (χ3n) is 4.25. The van der Waals surface area contributed by atoms with Gasteiger partial charge in [0.25, 0.3) is 5.91 Å². The number of nitrogens with zero attached hydrogens (tertiary/aromatic N) is 2. The molecule has 0 aromatic heterocycles. The molecule has 0 aliphatic rings. The summed E-state index contributed by atoms with van der Waals surface area (Å²) >= 11 is 12.4. The highest BCUT2D eigenvalue weighted by molar-refractivity contribution is 6.34. The van der Waals surface area contributed by atoms with Crippen LogP contribution in [0, 0.1) is 0 Å². The predicted octanol–water partition coefficient (Wildman–Crippen LogP) is 5.49. The number of halogens is 2. The van der Waals surface area contributed by atoms with Crippen molar-refractivity contribution in [3.8, 4) is 23.0 Å². The quantitative estimate of drug-likeness (QED) is 0.324. The van der Waals surface area contributed by atoms with Crippen molar-refractivity contribution in [2.45, 2.75) is 26.8 Å². The standard InChI is InChI=1S/C22H25Cl2N3O6/c1-6-32-17-11-13(23)10-15(20(17)33-7-2)26-27-19(12(3)28)22(29)25-14-8-9-16(30-4)18(24)21(14)31-5/h8-11,19H,6-7H2,1-5H3,(H,25,29). The normalized spacial score (nSPS) is 11.7. The zero-order valence-corrected chi connectivity index (χ0v) is 20.4. The lowest BCUT2D eigenvalue weighted by Crippen LogP contribution is -2.32. The second-order valence-corrected chi connectivity index (χ2v) is 7.31. The SMILES string of the molecule is CCOc1cc(Cl)cc(N=NC(C(C)=O)C(=O)Nc2ccc(OC)c(Cl)c2OC)c1OCC. The number of nitrogens with one attached hydrogen (secondary N) is 1. The highest BCUT2D eigenvalue weighted by atomic mass is 35.5. The van der Waals surface area contributed by atoms with Gasteiger partial charge in [0.2, 0.25) is 6.04 Å². The minimum atomic E-state index is -1.44. The smallest absolute Gasteiger partial charge is 0.258 e. The summed E-state index contributed by atoms with van der Waals surface area (Å²) in [5, 5.41) is 11.1. The molecule has 1 N–H and O–H groups in total. The monoisotopic (exact) mass is 497 g/mol. The maximum absolute atomic E-state index is 12.9. The van der Waals surface area contributed by atoms with Crippen molar-refractivity contribution in [1.29, 1.82) is 0 Å². The van der Waals surface area contributed by atoms with Gasteiger partial charge in [0.05, 0.1) is 33.1 Å². The van der Waals surface area contributed by atoms with Crippen LogP contribution in [0.3, 0.4) is 0 Å². The van der Waals surface area contributed by atoms with E-state index in [1.165, 1.54) is 33.3 Å². The van der Waals surface area contributed by atoms with Gasteiger partial charge in [-0.2, -0.15) is 10.2 Å². The van der Waals surface area contributed by atoms with Crippen molar-refractivity contribution in [1.82, 2.24) is 0 Å². The molecule has 0 spiro atoms. The van der Waals surface area contributed by atoms with Crippen LogP contribution in [0.5, 0.6) is 23.0 Å². The Balaban J connectivity index is 2.38. The van der Waals surface area contributed by atoms with Gasteiger partial charge in [-0.15, -0.1) is 0 Å². The number of hydrogen-bond donors (Lipinski definition) is 1. The molecular weight excluding hydrogens is 473 g/mol. The van der Waals surface area contributed by atoms with Crippen molar-refractivity contribution in [3.63, 3.8) is 0 Å². The summed E-state index contributed by atoms with van der Waals surface area (Å²) < 4.78 is 21.6. The summed E-state index contributed by atoms with van der Waals surface area (Å²) in [6, 6.07) is 4.73. The summed E-state index contributed by atoms with van der Waals surface area (Å²) in [7, 11) is 2.84. The summed E-state index contributed by atoms with van der Waals surface area (Å²) in [5.41, 5.74) is 0.461. The van der Waals surface area contributed by atoms with Gasteiger partial charge in [0.15, 0.2) is 23.0 Å². The molecule has 9 nitrogen and oxygen atoms in total. The van der Waals surface area contributed by atoms with Crippen LogP contribution in [0.4, 0.5) is 11.4 Å². The lowest BCUT2D eigenvalue weighted by molar-refractivity contribution is -0.126. The van der Waals surface area contributed by atoms with E-state index in [1.807, 2.05) is 6.92 Å². The van der Waals surface area contributed by atoms with Gasteiger partial charge in [-0.25, -0.2) is 0 Å². The topological polar surface area (TPSA) is 108 Å². The molecule has 11 heteroatoms. The summed E-state index contributed by atoms with van der Waals surface area (Å²) in [5.74, 6) is -0.0287. The van der Waals surface area contributed by atoms with Crippen LogP contribution >= 0.6 is 23.2 Å². The van der Waals surface area contributed by atoms with E-state index in [-0.39, 0.29) is 22.1 Å². The third kappa shape index (κ3) is 6.49. The lowest BCUT2D eigenvalue weighted by atomic mass is 10.2. The maximum atomic E-state index is 12.9. The molecule has 0 radical (unpaired) electrons. The molecule has 33 heavy (non-hydrogen) atoms. The van der Waals surface area contributed by atoms with Crippen LogP contribution < -0.4 is 24.3 Å². The number of rotatable bonds is 11. The number of ketones is 1. The zero-order valence-electron chi connectivity index (χ0n) is 18.9. The molecule has 1 atom stereocenters. The predicted molar refractivity (Wildman–Crippen MR) is 126 cm³/mol. The van der Waals surface area contributed by atoms with Gasteiger partial charge in [-0.3, -0.25) is 9.59 Å². The minimum absolute atomic E-state index is 0.169. The number of methoxy groups -OCH3 is 2. The third-order valence-corrected chi connectivity index (χ3v) is 4.82. The number of ether oxygens (including phenoxy) is 4. The molecule has 1 unspecified atom stereocenters. The van der Waals surface area contributed by atoms with E-state index in [0.717, 1.165) is 0 Å². The van der Waals surface area contributed by atoms with Gasteiger partial charge in [0, 0.05) is 11.1 Å². The van der Waals surface area contributed by atoms with Gasteiger partial charge in [0.1, 0.15) is 16.5 Å². The Morgan fingerprint density at radius 3 is 2.27 bits per heavy atom. The Kier molecular flexibility index (Phi) is 9.74. The highest BCUT2D eigenvalue weighted by Crippen LogP contribution is 2.41. The van der Waals surface area contributed by atoms with Crippen LogP contribution in [-0.2, 0) is 9.59 Å². The average molecular weight is 498 g/mol. The van der Waals surface area contributed by atoms with Crippen LogP contribution in [0.2, 0.25) is 10.0 Å². The Bertz CT molecular complexity index is 1050. The van der Waals surface area contributed by atoms with Crippen LogP contribution in [0.25, 0.3) is 0 Å². The Hall–Kier alpha value is -3.04. The number of Topliss-reactive ketones (excluding diaryl/α,β-unsaturated/α-hetero) is 1. The molecule has 0 aliphatic heterocycles. The van der Waals surface area contributed by atoms with Crippen molar-refractivity contribution < 1.29 is 28.5 Å². The fraction of sp³-hybridized carbons (Fsp3) is 0.364. The van der Waals surface area contributed by atoms with Gasteiger partial charge >= 0.3 is 0 Å². The number of azo groups is 1. The van der Waals surface area contributed by atoms with Crippen molar-refractivity contribution in [2.24, 2.45) is 10.2 Å². The largest absolute Gasteiger partial charge is 0.495 e. The lowest BCUT2D eigenvalue weighted by Gasteiger charge is -2.16. The number of carbonyl (C=O) groups is 2. The molecule has 2 aromatic carbocycles. The van der Waals surface area contributed by atoms with Crippen molar-refractivity contribution in [2.75, 3.05) is 32.8 Å². The number of carbonyl (C=O) groups excluding carboxylic acids is 2. The molecular formula is C22H25Cl2N3O6. The van der Waals surface area contributed by atoms with Gasteiger partial charge in [-0.05, 0) is 39.0 Å². The molecule has 0 bridgehead atoms.